The van der Waals surface area contributed by atoms with E-state index in [1.54, 1.807) is 18.5 Å². The van der Waals surface area contributed by atoms with Gasteiger partial charge in [-0.3, -0.25) is 9.36 Å². The molecule has 0 unspecified atom stereocenters. The van der Waals surface area contributed by atoms with Crippen LogP contribution in [0.5, 0.6) is 0 Å². The van der Waals surface area contributed by atoms with Crippen molar-refractivity contribution in [3.8, 4) is 0 Å². The van der Waals surface area contributed by atoms with Gasteiger partial charge in [0.1, 0.15) is 5.82 Å². The van der Waals surface area contributed by atoms with E-state index in [2.05, 4.69) is 30.9 Å². The van der Waals surface area contributed by atoms with Crippen LogP contribution in [-0.4, -0.2) is 19.5 Å². The van der Waals surface area contributed by atoms with Gasteiger partial charge in [0.15, 0.2) is 0 Å². The summed E-state index contributed by atoms with van der Waals surface area (Å²) < 4.78 is 1.32. The highest BCUT2D eigenvalue weighted by Crippen LogP contribution is 1.97. The van der Waals surface area contributed by atoms with Gasteiger partial charge in [-0.15, -0.1) is 0 Å². The Morgan fingerprint density at radius 2 is 2.00 bits per heavy atom. The number of aromatic amines is 1. The summed E-state index contributed by atoms with van der Waals surface area (Å²) in [5, 5.41) is 0. The second-order valence-corrected chi connectivity index (χ2v) is 3.85. The van der Waals surface area contributed by atoms with Crippen LogP contribution in [0.2, 0.25) is 0 Å². The van der Waals surface area contributed by atoms with Crippen LogP contribution in [0.1, 0.15) is 5.82 Å². The number of hydrogen-bond acceptors (Lipinski definition) is 4. The van der Waals surface area contributed by atoms with Crippen molar-refractivity contribution in [3.63, 3.8) is 0 Å². The Labute approximate surface area is 98.1 Å². The largest absolute Gasteiger partial charge is 0.328 e. The molecular weight excluding hydrogens is 276 g/mol. The number of rotatable bonds is 2. The first kappa shape index (κ1) is 10.7. The molecule has 0 aromatic carbocycles. The van der Waals surface area contributed by atoms with Gasteiger partial charge in [-0.05, 0) is 22.0 Å². The predicted octanol–water partition coefficient (Wildman–Crippen LogP) is 0.137. The topological polar surface area (TPSA) is 80.6 Å². The summed E-state index contributed by atoms with van der Waals surface area (Å²) in [6, 6.07) is 1.66. The van der Waals surface area contributed by atoms with Gasteiger partial charge in [-0.2, -0.15) is 0 Å². The van der Waals surface area contributed by atoms with E-state index in [0.29, 0.717) is 10.3 Å². The van der Waals surface area contributed by atoms with E-state index in [4.69, 9.17) is 0 Å². The number of aromatic nitrogens is 4. The maximum atomic E-state index is 11.6. The van der Waals surface area contributed by atoms with Crippen LogP contribution in [0, 0.1) is 0 Å². The molecule has 2 aromatic rings. The molecule has 16 heavy (non-hydrogen) atoms. The smallest absolute Gasteiger partial charge is 0.313 e. The third-order valence-corrected chi connectivity index (χ3v) is 2.50. The summed E-state index contributed by atoms with van der Waals surface area (Å²) in [5.41, 5.74) is -0.892. The minimum Gasteiger partial charge on any atom is -0.313 e. The molecule has 2 heterocycles. The van der Waals surface area contributed by atoms with E-state index in [0.717, 1.165) is 4.57 Å². The van der Waals surface area contributed by atoms with E-state index in [9.17, 15) is 9.59 Å². The molecule has 6 nitrogen and oxygen atoms in total. The first-order valence-electron chi connectivity index (χ1n) is 4.42. The molecule has 0 radical (unpaired) electrons. The maximum absolute atomic E-state index is 11.6. The zero-order chi connectivity index (χ0) is 11.5. The number of halogens is 1. The molecule has 0 amide bonds. The number of hydrogen-bond donors (Lipinski definition) is 1. The van der Waals surface area contributed by atoms with E-state index in [1.807, 2.05) is 0 Å². The van der Waals surface area contributed by atoms with Crippen molar-refractivity contribution in [2.45, 2.75) is 6.54 Å². The van der Waals surface area contributed by atoms with Crippen molar-refractivity contribution in [2.24, 2.45) is 0 Å². The van der Waals surface area contributed by atoms with Crippen LogP contribution in [0.4, 0.5) is 0 Å². The Kier molecular flexibility index (Phi) is 2.95. The van der Waals surface area contributed by atoms with Crippen molar-refractivity contribution in [3.05, 3.63) is 55.8 Å². The normalized spacial score (nSPS) is 10.3. The van der Waals surface area contributed by atoms with Gasteiger partial charge in [-0.1, -0.05) is 0 Å². The standard InChI is InChI=1S/C9H7BrN4O2/c10-6-4-13-9(16)14(8(6)15)5-7-11-2-1-3-12-7/h1-4H,5H2,(H,13,16). The summed E-state index contributed by atoms with van der Waals surface area (Å²) in [6.45, 7) is 0.0500. The number of nitrogens with zero attached hydrogens (tertiary/aromatic N) is 3. The summed E-state index contributed by atoms with van der Waals surface area (Å²) in [6.07, 6.45) is 4.42. The average molecular weight is 283 g/mol. The molecule has 0 spiro atoms. The van der Waals surface area contributed by atoms with Crippen LogP contribution < -0.4 is 11.2 Å². The van der Waals surface area contributed by atoms with Crippen LogP contribution in [0.25, 0.3) is 0 Å². The Balaban J connectivity index is 2.47. The molecule has 0 saturated carbocycles. The Bertz CT molecular complexity index is 605. The Morgan fingerprint density at radius 3 is 2.69 bits per heavy atom. The highest BCUT2D eigenvalue weighted by Gasteiger charge is 2.06. The van der Waals surface area contributed by atoms with E-state index in [1.165, 1.54) is 6.20 Å². The molecule has 0 saturated heterocycles. The molecule has 1 N–H and O–H groups in total. The minimum absolute atomic E-state index is 0.0500. The summed E-state index contributed by atoms with van der Waals surface area (Å²) in [4.78, 5) is 33.4. The highest BCUT2D eigenvalue weighted by atomic mass is 79.9. The Hall–Kier alpha value is -1.76. The minimum atomic E-state index is -0.486. The fourth-order valence-electron chi connectivity index (χ4n) is 1.18. The molecule has 2 rings (SSSR count). The molecule has 2 aromatic heterocycles. The lowest BCUT2D eigenvalue weighted by molar-refractivity contribution is 0.663. The first-order valence-corrected chi connectivity index (χ1v) is 5.21. The quantitative estimate of drug-likeness (QED) is 0.850. The SMILES string of the molecule is O=c1[nH]cc(Br)c(=O)n1Cc1ncccn1. The zero-order valence-electron chi connectivity index (χ0n) is 8.05. The van der Waals surface area contributed by atoms with Gasteiger partial charge in [0.05, 0.1) is 11.0 Å². The van der Waals surface area contributed by atoms with E-state index in [-0.39, 0.29) is 6.54 Å². The maximum Gasteiger partial charge on any atom is 0.328 e. The molecule has 82 valence electrons. The molecular formula is C9H7BrN4O2. The molecule has 0 aliphatic heterocycles. The summed E-state index contributed by atoms with van der Waals surface area (Å²) >= 11 is 3.05. The lowest BCUT2D eigenvalue weighted by atomic mass is 10.5. The van der Waals surface area contributed by atoms with Crippen molar-refractivity contribution in [1.82, 2.24) is 19.5 Å². The van der Waals surface area contributed by atoms with Gasteiger partial charge >= 0.3 is 5.69 Å². The van der Waals surface area contributed by atoms with Crippen molar-refractivity contribution >= 4 is 15.9 Å². The van der Waals surface area contributed by atoms with Gasteiger partial charge in [0.2, 0.25) is 0 Å². The summed E-state index contributed by atoms with van der Waals surface area (Å²) in [5.74, 6) is 0.410. The Morgan fingerprint density at radius 1 is 1.31 bits per heavy atom. The highest BCUT2D eigenvalue weighted by molar-refractivity contribution is 9.10. The van der Waals surface area contributed by atoms with E-state index >= 15 is 0 Å². The second-order valence-electron chi connectivity index (χ2n) is 3.00. The first-order chi connectivity index (χ1) is 7.68. The van der Waals surface area contributed by atoms with Crippen molar-refractivity contribution in [2.75, 3.05) is 0 Å². The van der Waals surface area contributed by atoms with Crippen molar-refractivity contribution in [1.29, 1.82) is 0 Å². The van der Waals surface area contributed by atoms with Gasteiger partial charge < -0.3 is 4.98 Å². The third kappa shape index (κ3) is 2.08. The molecule has 0 aliphatic rings. The van der Waals surface area contributed by atoms with Crippen LogP contribution in [0.15, 0.2) is 38.7 Å². The monoisotopic (exact) mass is 282 g/mol. The third-order valence-electron chi connectivity index (χ3n) is 1.94. The lowest BCUT2D eigenvalue weighted by Gasteiger charge is -2.02. The fraction of sp³-hybridized carbons (Fsp3) is 0.111. The second kappa shape index (κ2) is 4.40. The van der Waals surface area contributed by atoms with Crippen molar-refractivity contribution < 1.29 is 0 Å². The number of H-pyrrole nitrogens is 1. The molecule has 0 atom stereocenters. The van der Waals surface area contributed by atoms with Gasteiger partial charge in [0, 0.05) is 18.6 Å². The fourth-order valence-corrected chi connectivity index (χ4v) is 1.51. The molecule has 0 bridgehead atoms. The van der Waals surface area contributed by atoms with Crippen LogP contribution in [0.3, 0.4) is 0 Å². The molecule has 0 aliphatic carbocycles. The van der Waals surface area contributed by atoms with Crippen LogP contribution >= 0.6 is 15.9 Å². The van der Waals surface area contributed by atoms with Gasteiger partial charge in [-0.25, -0.2) is 14.8 Å². The lowest BCUT2D eigenvalue weighted by Crippen LogP contribution is -2.35. The predicted molar refractivity (Wildman–Crippen MR) is 60.2 cm³/mol. The van der Waals surface area contributed by atoms with Crippen LogP contribution in [-0.2, 0) is 6.54 Å². The zero-order valence-corrected chi connectivity index (χ0v) is 9.64. The number of nitrogens with one attached hydrogen (secondary N) is 1. The molecule has 0 fully saturated rings. The summed E-state index contributed by atoms with van der Waals surface area (Å²) in [7, 11) is 0. The average Bonchev–Trinajstić information content (AvgIpc) is 2.31. The molecule has 7 heteroatoms. The van der Waals surface area contributed by atoms with Gasteiger partial charge in [0.25, 0.3) is 5.56 Å². The van der Waals surface area contributed by atoms with E-state index < -0.39 is 11.2 Å².